The van der Waals surface area contributed by atoms with E-state index >= 15 is 0 Å². The van der Waals surface area contributed by atoms with Gasteiger partial charge in [0.25, 0.3) is 0 Å². The molecule has 0 aromatic heterocycles. The van der Waals surface area contributed by atoms with Crippen molar-refractivity contribution in [3.8, 4) is 0 Å². The topological polar surface area (TPSA) is 75.6 Å². The zero-order chi connectivity index (χ0) is 15.0. The van der Waals surface area contributed by atoms with Crippen molar-refractivity contribution in [3.05, 3.63) is 47.8 Å². The van der Waals surface area contributed by atoms with E-state index in [-0.39, 0.29) is 18.3 Å². The van der Waals surface area contributed by atoms with E-state index in [9.17, 15) is 19.1 Å². The van der Waals surface area contributed by atoms with Crippen molar-refractivity contribution in [1.29, 1.82) is 0 Å². The highest BCUT2D eigenvalue weighted by molar-refractivity contribution is 5.87. The van der Waals surface area contributed by atoms with Crippen LogP contribution in [-0.2, 0) is 20.9 Å². The van der Waals surface area contributed by atoms with Gasteiger partial charge in [0.05, 0.1) is 18.1 Å². The monoisotopic (exact) mass is 291 g/mol. The zero-order valence-corrected chi connectivity index (χ0v) is 11.0. The van der Waals surface area contributed by atoms with Crippen molar-refractivity contribution < 1.29 is 23.8 Å². The van der Waals surface area contributed by atoms with E-state index in [4.69, 9.17) is 4.74 Å². The molecule has 0 unspecified atom stereocenters. The van der Waals surface area contributed by atoms with Gasteiger partial charge in [0.2, 0.25) is 5.91 Å². The summed E-state index contributed by atoms with van der Waals surface area (Å²) in [5.74, 6) is -3.31. The Morgan fingerprint density at radius 2 is 1.76 bits per heavy atom. The number of aliphatic carboxylic acids is 1. The van der Waals surface area contributed by atoms with Crippen LogP contribution in [0.3, 0.4) is 0 Å². The van der Waals surface area contributed by atoms with Gasteiger partial charge in [-0.25, -0.2) is 4.39 Å². The normalized spacial score (nSPS) is 29.6. The Hall–Kier alpha value is -2.21. The van der Waals surface area contributed by atoms with Gasteiger partial charge >= 0.3 is 5.97 Å². The minimum absolute atomic E-state index is 0.225. The Labute approximate surface area is 120 Å². The summed E-state index contributed by atoms with van der Waals surface area (Å²) in [6.45, 7) is 0.225. The molecule has 1 aromatic carbocycles. The van der Waals surface area contributed by atoms with E-state index in [1.165, 1.54) is 12.1 Å². The lowest BCUT2D eigenvalue weighted by atomic mass is 9.82. The summed E-state index contributed by atoms with van der Waals surface area (Å²) in [6.07, 6.45) is 2.40. The first-order chi connectivity index (χ1) is 10.1. The van der Waals surface area contributed by atoms with Crippen molar-refractivity contribution in [2.75, 3.05) is 0 Å². The van der Waals surface area contributed by atoms with Crippen molar-refractivity contribution in [2.24, 2.45) is 11.8 Å². The summed E-state index contributed by atoms with van der Waals surface area (Å²) in [5.41, 5.74) is 0.747. The highest BCUT2D eigenvalue weighted by atomic mass is 19.1. The predicted molar refractivity (Wildman–Crippen MR) is 70.7 cm³/mol. The van der Waals surface area contributed by atoms with Crippen LogP contribution in [0.1, 0.15) is 5.56 Å². The molecule has 2 aliphatic heterocycles. The van der Waals surface area contributed by atoms with E-state index in [1.807, 2.05) is 0 Å². The maximum Gasteiger partial charge on any atom is 0.310 e. The maximum absolute atomic E-state index is 12.8. The van der Waals surface area contributed by atoms with Gasteiger partial charge in [-0.2, -0.15) is 0 Å². The Morgan fingerprint density at radius 1 is 1.14 bits per heavy atom. The fraction of sp³-hybridized carbons (Fsp3) is 0.333. The summed E-state index contributed by atoms with van der Waals surface area (Å²) in [6, 6.07) is 5.76. The van der Waals surface area contributed by atoms with E-state index in [0.717, 1.165) is 5.56 Å². The van der Waals surface area contributed by atoms with Gasteiger partial charge in [-0.3, -0.25) is 9.59 Å². The molecule has 0 radical (unpaired) electrons. The van der Waals surface area contributed by atoms with Crippen molar-refractivity contribution in [1.82, 2.24) is 5.32 Å². The number of fused-ring (bicyclic) bond motifs is 2. The van der Waals surface area contributed by atoms with Crippen LogP contribution < -0.4 is 5.32 Å². The van der Waals surface area contributed by atoms with Gasteiger partial charge in [0, 0.05) is 6.54 Å². The summed E-state index contributed by atoms with van der Waals surface area (Å²) in [4.78, 5) is 23.5. The van der Waals surface area contributed by atoms with Crippen LogP contribution in [-0.4, -0.2) is 29.2 Å². The molecule has 0 saturated carbocycles. The van der Waals surface area contributed by atoms with Gasteiger partial charge in [-0.05, 0) is 17.7 Å². The molecule has 5 nitrogen and oxygen atoms in total. The lowest BCUT2D eigenvalue weighted by molar-refractivity contribution is -0.146. The Bertz CT molecular complexity index is 598. The van der Waals surface area contributed by atoms with Crippen molar-refractivity contribution >= 4 is 11.9 Å². The molecule has 2 bridgehead atoms. The fourth-order valence-electron chi connectivity index (χ4n) is 2.82. The average Bonchev–Trinajstić information content (AvgIpc) is 3.06. The number of rotatable bonds is 4. The number of ether oxygens (including phenoxy) is 1. The van der Waals surface area contributed by atoms with Crippen LogP contribution in [0.15, 0.2) is 36.4 Å². The van der Waals surface area contributed by atoms with E-state index in [0.29, 0.717) is 0 Å². The second kappa shape index (κ2) is 5.29. The molecule has 1 fully saturated rings. The number of carboxylic acids is 1. The molecule has 21 heavy (non-hydrogen) atoms. The van der Waals surface area contributed by atoms with Crippen molar-refractivity contribution in [2.45, 2.75) is 18.8 Å². The number of amides is 1. The molecule has 4 atom stereocenters. The zero-order valence-electron chi connectivity index (χ0n) is 11.0. The van der Waals surface area contributed by atoms with Crippen LogP contribution in [0.4, 0.5) is 4.39 Å². The summed E-state index contributed by atoms with van der Waals surface area (Å²) < 4.78 is 18.2. The fourth-order valence-corrected chi connectivity index (χ4v) is 2.82. The molecular formula is C15H14FNO4. The van der Waals surface area contributed by atoms with Crippen LogP contribution in [0.25, 0.3) is 0 Å². The second-order valence-corrected chi connectivity index (χ2v) is 5.18. The van der Waals surface area contributed by atoms with Crippen LogP contribution in [0, 0.1) is 17.7 Å². The van der Waals surface area contributed by atoms with E-state index in [2.05, 4.69) is 5.32 Å². The lowest BCUT2D eigenvalue weighted by Gasteiger charge is -2.21. The maximum atomic E-state index is 12.8. The quantitative estimate of drug-likeness (QED) is 0.814. The molecule has 2 N–H and O–H groups in total. The SMILES string of the molecule is O=C(O)[C@H]1[C@H](C(=O)NCc2ccc(F)cc2)[C@H]2C=C[C@H]1O2. The number of carboxylic acid groups (broad SMARTS) is 1. The van der Waals surface area contributed by atoms with Gasteiger partial charge in [-0.1, -0.05) is 24.3 Å². The molecular weight excluding hydrogens is 277 g/mol. The predicted octanol–water partition coefficient (Wildman–Crippen LogP) is 1.10. The number of hydrogen-bond acceptors (Lipinski definition) is 3. The largest absolute Gasteiger partial charge is 0.481 e. The summed E-state index contributed by atoms with van der Waals surface area (Å²) in [7, 11) is 0. The first-order valence-electron chi connectivity index (χ1n) is 6.65. The number of nitrogens with one attached hydrogen (secondary N) is 1. The van der Waals surface area contributed by atoms with E-state index < -0.39 is 30.0 Å². The standard InChI is InChI=1S/C15H14FNO4/c16-9-3-1-8(2-4-9)7-17-14(18)12-10-5-6-11(21-10)13(12)15(19)20/h1-6,10-13H,7H2,(H,17,18)(H,19,20)/t10-,11-,12-,13-/m1/s1. The highest BCUT2D eigenvalue weighted by Crippen LogP contribution is 2.39. The molecule has 1 amide bonds. The second-order valence-electron chi connectivity index (χ2n) is 5.18. The Kier molecular flexibility index (Phi) is 3.47. The minimum Gasteiger partial charge on any atom is -0.481 e. The highest BCUT2D eigenvalue weighted by Gasteiger charge is 2.53. The number of halogens is 1. The average molecular weight is 291 g/mol. The third-order valence-corrected chi connectivity index (χ3v) is 3.87. The van der Waals surface area contributed by atoms with Gasteiger partial charge in [0.1, 0.15) is 11.7 Å². The van der Waals surface area contributed by atoms with Crippen LogP contribution in [0.2, 0.25) is 0 Å². The van der Waals surface area contributed by atoms with Crippen LogP contribution >= 0.6 is 0 Å². The molecule has 1 aromatic rings. The van der Waals surface area contributed by atoms with Crippen LogP contribution in [0.5, 0.6) is 0 Å². The minimum atomic E-state index is -1.03. The lowest BCUT2D eigenvalue weighted by Crippen LogP contribution is -2.42. The molecule has 110 valence electrons. The molecule has 6 heteroatoms. The molecule has 2 aliphatic rings. The number of benzene rings is 1. The third-order valence-electron chi connectivity index (χ3n) is 3.87. The molecule has 1 saturated heterocycles. The molecule has 0 spiro atoms. The van der Waals surface area contributed by atoms with Crippen molar-refractivity contribution in [3.63, 3.8) is 0 Å². The Morgan fingerprint density at radius 3 is 2.38 bits per heavy atom. The molecule has 0 aliphatic carbocycles. The summed E-state index contributed by atoms with van der Waals surface area (Å²) in [5, 5.41) is 11.9. The molecule has 3 rings (SSSR count). The summed E-state index contributed by atoms with van der Waals surface area (Å²) >= 11 is 0. The smallest absolute Gasteiger partial charge is 0.310 e. The third kappa shape index (κ3) is 2.54. The number of carbonyl (C=O) groups is 2. The first kappa shape index (κ1) is 13.8. The first-order valence-corrected chi connectivity index (χ1v) is 6.65. The number of carbonyl (C=O) groups excluding carboxylic acids is 1. The number of hydrogen-bond donors (Lipinski definition) is 2. The molecule has 2 heterocycles. The van der Waals surface area contributed by atoms with E-state index in [1.54, 1.807) is 24.3 Å². The Balaban J connectivity index is 1.66. The van der Waals surface area contributed by atoms with Gasteiger partial charge < -0.3 is 15.2 Å². The van der Waals surface area contributed by atoms with Gasteiger partial charge in [0.15, 0.2) is 0 Å². The van der Waals surface area contributed by atoms with Gasteiger partial charge in [-0.15, -0.1) is 0 Å².